The topological polar surface area (TPSA) is 86.7 Å². The van der Waals surface area contributed by atoms with Gasteiger partial charge in [0.2, 0.25) is 11.8 Å². The van der Waals surface area contributed by atoms with Crippen LogP contribution in [0.2, 0.25) is 0 Å². The molecule has 6 heteroatoms. The van der Waals surface area contributed by atoms with Crippen LogP contribution >= 0.6 is 0 Å². The van der Waals surface area contributed by atoms with Gasteiger partial charge in [-0.15, -0.1) is 0 Å². The molecule has 2 N–H and O–H groups in total. The predicted octanol–water partition coefficient (Wildman–Crippen LogP) is 1.25. The molecule has 0 aliphatic carbocycles. The van der Waals surface area contributed by atoms with E-state index >= 15 is 0 Å². The minimum Gasteiger partial charge on any atom is -0.481 e. The number of carboxylic acids is 1. The Hall–Kier alpha value is -1.59. The number of aliphatic carboxylic acids is 1. The Bertz CT molecular complexity index is 372. The van der Waals surface area contributed by atoms with Gasteiger partial charge in [-0.25, -0.2) is 0 Å². The van der Waals surface area contributed by atoms with E-state index < -0.39 is 17.6 Å². The smallest absolute Gasteiger partial charge is 0.305 e. The van der Waals surface area contributed by atoms with Gasteiger partial charge in [0, 0.05) is 19.0 Å². The molecular formula is C14H26N2O4. The monoisotopic (exact) mass is 286 g/mol. The average molecular weight is 286 g/mol. The van der Waals surface area contributed by atoms with Crippen LogP contribution in [-0.2, 0) is 14.4 Å². The molecule has 1 unspecified atom stereocenters. The Labute approximate surface area is 120 Å². The van der Waals surface area contributed by atoms with E-state index in [2.05, 4.69) is 5.32 Å². The lowest BCUT2D eigenvalue weighted by Crippen LogP contribution is -2.56. The summed E-state index contributed by atoms with van der Waals surface area (Å²) in [6.45, 7) is 10.7. The lowest BCUT2D eigenvalue weighted by atomic mass is 9.98. The minimum atomic E-state index is -0.951. The van der Waals surface area contributed by atoms with Crippen molar-refractivity contribution in [1.29, 1.82) is 0 Å². The molecule has 0 bridgehead atoms. The summed E-state index contributed by atoms with van der Waals surface area (Å²) in [6, 6.07) is -0.638. The molecule has 0 fully saturated rings. The fourth-order valence-electron chi connectivity index (χ4n) is 1.88. The first-order valence-corrected chi connectivity index (χ1v) is 6.77. The van der Waals surface area contributed by atoms with Crippen molar-refractivity contribution in [3.8, 4) is 0 Å². The zero-order chi connectivity index (χ0) is 16.1. The molecule has 0 aromatic rings. The summed E-state index contributed by atoms with van der Waals surface area (Å²) in [4.78, 5) is 36.1. The van der Waals surface area contributed by atoms with E-state index in [4.69, 9.17) is 5.11 Å². The second-order valence-electron chi connectivity index (χ2n) is 6.23. The van der Waals surface area contributed by atoms with Crippen LogP contribution in [0.1, 0.15) is 48.0 Å². The molecule has 0 heterocycles. The third-order valence-electron chi connectivity index (χ3n) is 2.92. The number of carbonyl (C=O) groups is 3. The second-order valence-corrected chi connectivity index (χ2v) is 6.23. The molecule has 0 aromatic carbocycles. The van der Waals surface area contributed by atoms with Crippen LogP contribution in [0.15, 0.2) is 0 Å². The first-order chi connectivity index (χ1) is 8.96. The summed E-state index contributed by atoms with van der Waals surface area (Å²) in [7, 11) is 0. The maximum absolute atomic E-state index is 12.6. The predicted molar refractivity (Wildman–Crippen MR) is 76.2 cm³/mol. The highest BCUT2D eigenvalue weighted by atomic mass is 16.4. The largest absolute Gasteiger partial charge is 0.481 e. The second kappa shape index (κ2) is 7.26. The Balaban J connectivity index is 5.17. The Morgan fingerprint density at radius 1 is 1.20 bits per heavy atom. The van der Waals surface area contributed by atoms with Crippen molar-refractivity contribution in [2.45, 2.75) is 59.5 Å². The molecule has 1 atom stereocenters. The summed E-state index contributed by atoms with van der Waals surface area (Å²) in [5.74, 6) is -1.54. The van der Waals surface area contributed by atoms with E-state index in [-0.39, 0.29) is 30.7 Å². The van der Waals surface area contributed by atoms with E-state index in [1.54, 1.807) is 0 Å². The van der Waals surface area contributed by atoms with Gasteiger partial charge < -0.3 is 15.3 Å². The highest BCUT2D eigenvalue weighted by molar-refractivity contribution is 5.87. The van der Waals surface area contributed by atoms with Crippen molar-refractivity contribution in [2.24, 2.45) is 5.92 Å². The van der Waals surface area contributed by atoms with Crippen molar-refractivity contribution < 1.29 is 19.5 Å². The van der Waals surface area contributed by atoms with E-state index in [0.29, 0.717) is 0 Å². The van der Waals surface area contributed by atoms with Crippen molar-refractivity contribution in [3.63, 3.8) is 0 Å². The highest BCUT2D eigenvalue weighted by Crippen LogP contribution is 2.18. The van der Waals surface area contributed by atoms with E-state index in [1.165, 1.54) is 11.8 Å². The Morgan fingerprint density at radius 2 is 1.70 bits per heavy atom. The Kier molecular flexibility index (Phi) is 6.68. The summed E-state index contributed by atoms with van der Waals surface area (Å²) in [5.41, 5.74) is -0.502. The van der Waals surface area contributed by atoms with Crippen molar-refractivity contribution in [1.82, 2.24) is 10.2 Å². The van der Waals surface area contributed by atoms with Gasteiger partial charge in [0.05, 0.1) is 6.42 Å². The third-order valence-corrected chi connectivity index (χ3v) is 2.92. The number of amides is 2. The van der Waals surface area contributed by atoms with Gasteiger partial charge >= 0.3 is 5.97 Å². The van der Waals surface area contributed by atoms with E-state index in [0.717, 1.165) is 0 Å². The van der Waals surface area contributed by atoms with Crippen LogP contribution < -0.4 is 5.32 Å². The van der Waals surface area contributed by atoms with Gasteiger partial charge in [-0.3, -0.25) is 14.4 Å². The van der Waals surface area contributed by atoms with Crippen molar-refractivity contribution >= 4 is 17.8 Å². The zero-order valence-electron chi connectivity index (χ0n) is 13.2. The maximum atomic E-state index is 12.6. The number of hydrogen-bond donors (Lipinski definition) is 2. The van der Waals surface area contributed by atoms with Gasteiger partial charge in [0.15, 0.2) is 0 Å². The molecule has 0 saturated carbocycles. The van der Waals surface area contributed by atoms with Crippen LogP contribution in [-0.4, -0.2) is 45.9 Å². The average Bonchev–Trinajstić information content (AvgIpc) is 2.22. The number of nitrogens with zero attached hydrogens (tertiary/aromatic N) is 1. The van der Waals surface area contributed by atoms with Gasteiger partial charge in [0.25, 0.3) is 0 Å². The third kappa shape index (κ3) is 6.04. The molecule has 0 radical (unpaired) electrons. The maximum Gasteiger partial charge on any atom is 0.305 e. The van der Waals surface area contributed by atoms with Gasteiger partial charge in [-0.2, -0.15) is 0 Å². The zero-order valence-corrected chi connectivity index (χ0v) is 13.2. The van der Waals surface area contributed by atoms with Crippen LogP contribution in [0.5, 0.6) is 0 Å². The van der Waals surface area contributed by atoms with Gasteiger partial charge in [-0.1, -0.05) is 13.8 Å². The normalized spacial score (nSPS) is 12.9. The first-order valence-electron chi connectivity index (χ1n) is 6.77. The quantitative estimate of drug-likeness (QED) is 0.769. The standard InChI is InChI=1S/C14H26N2O4/c1-9(2)12(15-10(3)17)13(20)16(14(4,5)6)8-7-11(18)19/h9,12H,7-8H2,1-6H3,(H,15,17)(H,18,19). The van der Waals surface area contributed by atoms with Crippen LogP contribution in [0.25, 0.3) is 0 Å². The van der Waals surface area contributed by atoms with Crippen molar-refractivity contribution in [3.05, 3.63) is 0 Å². The molecule has 0 rings (SSSR count). The molecule has 0 spiro atoms. The van der Waals surface area contributed by atoms with E-state index in [9.17, 15) is 14.4 Å². The summed E-state index contributed by atoms with van der Waals surface area (Å²) in [5, 5.41) is 11.4. The fourth-order valence-corrected chi connectivity index (χ4v) is 1.88. The highest BCUT2D eigenvalue weighted by Gasteiger charge is 2.33. The summed E-state index contributed by atoms with van der Waals surface area (Å²) in [6.07, 6.45) is -0.117. The van der Waals surface area contributed by atoms with Crippen LogP contribution in [0.4, 0.5) is 0 Å². The van der Waals surface area contributed by atoms with Gasteiger partial charge in [-0.05, 0) is 26.7 Å². The molecule has 116 valence electrons. The summed E-state index contributed by atoms with van der Waals surface area (Å²) < 4.78 is 0. The molecule has 0 saturated heterocycles. The minimum absolute atomic E-state index is 0.0684. The summed E-state index contributed by atoms with van der Waals surface area (Å²) >= 11 is 0. The number of hydrogen-bond acceptors (Lipinski definition) is 3. The number of rotatable bonds is 6. The number of carboxylic acid groups (broad SMARTS) is 1. The SMILES string of the molecule is CC(=O)NC(C(=O)N(CCC(=O)O)C(C)(C)C)C(C)C. The van der Waals surface area contributed by atoms with Crippen LogP contribution in [0, 0.1) is 5.92 Å². The lowest BCUT2D eigenvalue weighted by molar-refractivity contribution is -0.144. The molecule has 2 amide bonds. The number of carbonyl (C=O) groups excluding carboxylic acids is 2. The van der Waals surface area contributed by atoms with E-state index in [1.807, 2.05) is 34.6 Å². The van der Waals surface area contributed by atoms with Crippen molar-refractivity contribution in [2.75, 3.05) is 6.54 Å². The molecule has 6 nitrogen and oxygen atoms in total. The molecule has 20 heavy (non-hydrogen) atoms. The molecule has 0 aromatic heterocycles. The molecular weight excluding hydrogens is 260 g/mol. The molecule has 0 aliphatic rings. The van der Waals surface area contributed by atoms with Gasteiger partial charge in [0.1, 0.15) is 6.04 Å². The molecule has 0 aliphatic heterocycles. The lowest BCUT2D eigenvalue weighted by Gasteiger charge is -2.38. The fraction of sp³-hybridized carbons (Fsp3) is 0.786. The number of nitrogens with one attached hydrogen (secondary N) is 1. The Morgan fingerprint density at radius 3 is 2.00 bits per heavy atom. The van der Waals surface area contributed by atoms with Crippen LogP contribution in [0.3, 0.4) is 0 Å². The first kappa shape index (κ1) is 18.4.